The zero-order chi connectivity index (χ0) is 15.0. The zero-order valence-electron chi connectivity index (χ0n) is 12.1. The Morgan fingerprint density at radius 2 is 2.05 bits per heavy atom. The van der Waals surface area contributed by atoms with E-state index >= 15 is 0 Å². The molecule has 3 rings (SSSR count). The maximum absolute atomic E-state index is 11.5. The number of thiophene rings is 1. The van der Waals surface area contributed by atoms with Gasteiger partial charge in [-0.25, -0.2) is 12.7 Å². The van der Waals surface area contributed by atoms with E-state index < -0.39 is 10.0 Å². The van der Waals surface area contributed by atoms with Gasteiger partial charge >= 0.3 is 0 Å². The first-order chi connectivity index (χ1) is 9.93. The van der Waals surface area contributed by atoms with Gasteiger partial charge in [-0.2, -0.15) is 0 Å². The fraction of sp³-hybridized carbons (Fsp3) is 0.714. The average molecular weight is 349 g/mol. The molecular formula is C14H21ClN2O2S2. The first kappa shape index (κ1) is 15.7. The highest BCUT2D eigenvalue weighted by Crippen LogP contribution is 2.38. The van der Waals surface area contributed by atoms with E-state index in [1.54, 1.807) is 15.6 Å². The Morgan fingerprint density at radius 3 is 2.71 bits per heavy atom. The Morgan fingerprint density at radius 1 is 1.33 bits per heavy atom. The van der Waals surface area contributed by atoms with Crippen LogP contribution in [0.4, 0.5) is 0 Å². The fourth-order valence-corrected chi connectivity index (χ4v) is 5.59. The summed E-state index contributed by atoms with van der Waals surface area (Å²) in [6.45, 7) is 1.25. The van der Waals surface area contributed by atoms with Gasteiger partial charge in [-0.1, -0.05) is 11.6 Å². The quantitative estimate of drug-likeness (QED) is 0.913. The summed E-state index contributed by atoms with van der Waals surface area (Å²) < 4.78 is 25.5. The summed E-state index contributed by atoms with van der Waals surface area (Å²) in [7, 11) is -3.04. The van der Waals surface area contributed by atoms with E-state index in [0.29, 0.717) is 25.2 Å². The molecular weight excluding hydrogens is 328 g/mol. The second-order valence-corrected chi connectivity index (χ2v) is 9.73. The zero-order valence-corrected chi connectivity index (χ0v) is 14.5. The van der Waals surface area contributed by atoms with Crippen molar-refractivity contribution in [1.29, 1.82) is 0 Å². The van der Waals surface area contributed by atoms with Crippen molar-refractivity contribution >= 4 is 33.0 Å². The highest BCUT2D eigenvalue weighted by atomic mass is 35.5. The van der Waals surface area contributed by atoms with Crippen LogP contribution in [0.5, 0.6) is 0 Å². The van der Waals surface area contributed by atoms with Crippen LogP contribution in [0.15, 0.2) is 6.07 Å². The molecule has 1 aliphatic carbocycles. The van der Waals surface area contributed by atoms with Crippen molar-refractivity contribution in [3.8, 4) is 0 Å². The monoisotopic (exact) mass is 348 g/mol. The molecule has 118 valence electrons. The predicted octanol–water partition coefficient (Wildman–Crippen LogP) is 2.79. The van der Waals surface area contributed by atoms with Gasteiger partial charge in [0, 0.05) is 30.1 Å². The van der Waals surface area contributed by atoms with Gasteiger partial charge in [0.05, 0.1) is 10.6 Å². The minimum atomic E-state index is -3.04. The maximum Gasteiger partial charge on any atom is 0.211 e. The molecule has 21 heavy (non-hydrogen) atoms. The molecule has 1 aromatic rings. The number of piperidine rings is 1. The largest absolute Gasteiger partial charge is 0.307 e. The lowest BCUT2D eigenvalue weighted by atomic mass is 9.92. The van der Waals surface area contributed by atoms with E-state index in [2.05, 4.69) is 11.4 Å². The number of hydrogen-bond donors (Lipinski definition) is 1. The van der Waals surface area contributed by atoms with Crippen molar-refractivity contribution in [3.05, 3.63) is 20.8 Å². The molecule has 0 spiro atoms. The van der Waals surface area contributed by atoms with Gasteiger partial charge in [0.25, 0.3) is 0 Å². The predicted molar refractivity (Wildman–Crippen MR) is 87.6 cm³/mol. The van der Waals surface area contributed by atoms with E-state index in [9.17, 15) is 8.42 Å². The van der Waals surface area contributed by atoms with Gasteiger partial charge in [0.15, 0.2) is 0 Å². The molecule has 0 saturated carbocycles. The molecule has 1 atom stereocenters. The van der Waals surface area contributed by atoms with Crippen LogP contribution in [0.1, 0.15) is 42.2 Å². The lowest BCUT2D eigenvalue weighted by Crippen LogP contribution is -2.45. The van der Waals surface area contributed by atoms with Crippen molar-refractivity contribution in [1.82, 2.24) is 9.62 Å². The van der Waals surface area contributed by atoms with E-state index in [1.165, 1.54) is 23.1 Å². The molecule has 0 bridgehead atoms. The normalized spacial score (nSPS) is 25.0. The lowest BCUT2D eigenvalue weighted by molar-refractivity contribution is 0.267. The minimum Gasteiger partial charge on any atom is -0.307 e. The minimum absolute atomic E-state index is 0.382. The van der Waals surface area contributed by atoms with Crippen LogP contribution in [0.3, 0.4) is 0 Å². The second-order valence-electron chi connectivity index (χ2n) is 5.98. The Balaban J connectivity index is 1.62. The number of halogens is 1. The molecule has 0 radical (unpaired) electrons. The smallest absolute Gasteiger partial charge is 0.211 e. The van der Waals surface area contributed by atoms with Crippen molar-refractivity contribution in [3.63, 3.8) is 0 Å². The first-order valence-corrected chi connectivity index (χ1v) is 10.5. The van der Waals surface area contributed by atoms with E-state index in [4.69, 9.17) is 11.6 Å². The highest BCUT2D eigenvalue weighted by molar-refractivity contribution is 7.88. The average Bonchev–Trinajstić information content (AvgIpc) is 2.80. The van der Waals surface area contributed by atoms with Crippen LogP contribution in [0, 0.1) is 0 Å². The fourth-order valence-electron chi connectivity index (χ4n) is 3.33. The molecule has 1 saturated heterocycles. The Labute approximate surface area is 135 Å². The Kier molecular flexibility index (Phi) is 4.62. The first-order valence-electron chi connectivity index (χ1n) is 7.43. The number of nitrogens with one attached hydrogen (secondary N) is 1. The summed E-state index contributed by atoms with van der Waals surface area (Å²) in [5.74, 6) is 0. The van der Waals surface area contributed by atoms with E-state index in [1.807, 2.05) is 0 Å². The second kappa shape index (κ2) is 6.16. The van der Waals surface area contributed by atoms with Gasteiger partial charge in [-0.15, -0.1) is 11.3 Å². The SMILES string of the molecule is CS(=O)(=O)N1CCC(NC2CCCc3sc(Cl)cc32)CC1. The molecule has 0 amide bonds. The molecule has 1 unspecified atom stereocenters. The summed E-state index contributed by atoms with van der Waals surface area (Å²) in [5.41, 5.74) is 1.36. The van der Waals surface area contributed by atoms with Gasteiger partial charge in [0.1, 0.15) is 0 Å². The standard InChI is InChI=1S/C14H21ClN2O2S2/c1-21(18,19)17-7-5-10(6-8-17)16-12-3-2-4-13-11(12)9-14(15)20-13/h9-10,12,16H,2-8H2,1H3. The number of sulfonamides is 1. The van der Waals surface area contributed by atoms with Crippen LogP contribution in [-0.4, -0.2) is 38.1 Å². The molecule has 1 aromatic heterocycles. The third-order valence-corrected chi connectivity index (χ3v) is 7.09. The van der Waals surface area contributed by atoms with Crippen LogP contribution in [0.25, 0.3) is 0 Å². The van der Waals surface area contributed by atoms with Gasteiger partial charge < -0.3 is 5.32 Å². The van der Waals surface area contributed by atoms with Crippen molar-refractivity contribution < 1.29 is 8.42 Å². The van der Waals surface area contributed by atoms with Gasteiger partial charge in [-0.3, -0.25) is 0 Å². The molecule has 1 aliphatic heterocycles. The number of hydrogen-bond acceptors (Lipinski definition) is 4. The van der Waals surface area contributed by atoms with E-state index in [0.717, 1.165) is 30.0 Å². The summed E-state index contributed by atoms with van der Waals surface area (Å²) in [6, 6.07) is 2.88. The molecule has 2 aliphatic rings. The summed E-state index contributed by atoms with van der Waals surface area (Å²) in [6.07, 6.45) is 6.54. The molecule has 1 fully saturated rings. The Hall–Kier alpha value is -0.140. The number of nitrogens with zero attached hydrogens (tertiary/aromatic N) is 1. The number of aryl methyl sites for hydroxylation is 1. The van der Waals surface area contributed by atoms with E-state index in [-0.39, 0.29) is 0 Å². The highest BCUT2D eigenvalue weighted by Gasteiger charge is 2.29. The van der Waals surface area contributed by atoms with Crippen molar-refractivity contribution in [2.45, 2.75) is 44.2 Å². The molecule has 0 aromatic carbocycles. The Bertz CT molecular complexity index is 606. The third-order valence-electron chi connectivity index (χ3n) is 4.44. The van der Waals surface area contributed by atoms with Crippen molar-refractivity contribution in [2.24, 2.45) is 0 Å². The lowest BCUT2D eigenvalue weighted by Gasteiger charge is -2.34. The van der Waals surface area contributed by atoms with Crippen LogP contribution < -0.4 is 5.32 Å². The van der Waals surface area contributed by atoms with Crippen LogP contribution in [-0.2, 0) is 16.4 Å². The van der Waals surface area contributed by atoms with Gasteiger partial charge in [-0.05, 0) is 43.7 Å². The molecule has 7 heteroatoms. The maximum atomic E-state index is 11.5. The summed E-state index contributed by atoms with van der Waals surface area (Å²) >= 11 is 7.84. The van der Waals surface area contributed by atoms with Crippen LogP contribution >= 0.6 is 22.9 Å². The summed E-state index contributed by atoms with van der Waals surface area (Å²) in [5, 5.41) is 3.73. The van der Waals surface area contributed by atoms with Crippen LogP contribution in [0.2, 0.25) is 4.34 Å². The summed E-state index contributed by atoms with van der Waals surface area (Å²) in [4.78, 5) is 1.41. The molecule has 4 nitrogen and oxygen atoms in total. The third kappa shape index (κ3) is 3.62. The molecule has 1 N–H and O–H groups in total. The molecule has 2 heterocycles. The van der Waals surface area contributed by atoms with Crippen molar-refractivity contribution in [2.75, 3.05) is 19.3 Å². The number of fused-ring (bicyclic) bond motifs is 1. The number of rotatable bonds is 3. The topological polar surface area (TPSA) is 49.4 Å². The van der Waals surface area contributed by atoms with Gasteiger partial charge in [0.2, 0.25) is 10.0 Å².